The second-order valence-electron chi connectivity index (χ2n) is 7.45. The zero-order valence-corrected chi connectivity index (χ0v) is 16.7. The maximum absolute atomic E-state index is 12.1. The van der Waals surface area contributed by atoms with Gasteiger partial charge in [0, 0.05) is 19.0 Å². The maximum atomic E-state index is 12.1. The van der Waals surface area contributed by atoms with Gasteiger partial charge in [0.15, 0.2) is 5.82 Å². The number of carbonyl (C=O) groups excluding carboxylic acids is 1. The van der Waals surface area contributed by atoms with Crippen LogP contribution in [-0.2, 0) is 21.4 Å². The largest absolute Gasteiger partial charge is 0.346 e. The van der Waals surface area contributed by atoms with E-state index in [2.05, 4.69) is 20.4 Å². The van der Waals surface area contributed by atoms with Crippen molar-refractivity contribution in [2.75, 3.05) is 39.0 Å². The van der Waals surface area contributed by atoms with Crippen molar-refractivity contribution in [3.63, 3.8) is 0 Å². The molecule has 27 heavy (non-hydrogen) atoms. The van der Waals surface area contributed by atoms with Gasteiger partial charge in [-0.3, -0.25) is 9.69 Å². The first-order valence-electron chi connectivity index (χ1n) is 9.68. The Kier molecular flexibility index (Phi) is 6.83. The van der Waals surface area contributed by atoms with Crippen molar-refractivity contribution in [3.8, 4) is 0 Å². The number of aromatic nitrogens is 2. The molecular formula is C17H29N5O4S. The summed E-state index contributed by atoms with van der Waals surface area (Å²) in [6.07, 6.45) is 7.36. The fraction of sp³-hybridized carbons (Fsp3) is 0.824. The van der Waals surface area contributed by atoms with E-state index >= 15 is 0 Å². The lowest BCUT2D eigenvalue weighted by Crippen LogP contribution is -2.37. The molecule has 2 fully saturated rings. The first-order chi connectivity index (χ1) is 12.9. The Morgan fingerprint density at radius 1 is 1.15 bits per heavy atom. The second-order valence-corrected chi connectivity index (χ2v) is 9.43. The summed E-state index contributed by atoms with van der Waals surface area (Å²) >= 11 is 0. The molecule has 2 aliphatic heterocycles. The lowest BCUT2D eigenvalue weighted by atomic mass is 9.98. The van der Waals surface area contributed by atoms with Gasteiger partial charge in [-0.1, -0.05) is 18.0 Å². The van der Waals surface area contributed by atoms with Gasteiger partial charge in [0.2, 0.25) is 21.8 Å². The normalized spacial score (nSPS) is 21.1. The predicted molar refractivity (Wildman–Crippen MR) is 99.4 cm³/mol. The molecule has 1 N–H and O–H groups in total. The van der Waals surface area contributed by atoms with Gasteiger partial charge < -0.3 is 9.84 Å². The summed E-state index contributed by atoms with van der Waals surface area (Å²) in [5.41, 5.74) is 0. The van der Waals surface area contributed by atoms with E-state index in [1.165, 1.54) is 23.4 Å². The number of nitrogens with one attached hydrogen (secondary N) is 1. The minimum Gasteiger partial charge on any atom is -0.346 e. The first-order valence-corrected chi connectivity index (χ1v) is 11.5. The third-order valence-corrected chi connectivity index (χ3v) is 6.58. The van der Waals surface area contributed by atoms with Gasteiger partial charge in [-0.25, -0.2) is 12.7 Å². The highest BCUT2D eigenvalue weighted by Gasteiger charge is 2.28. The van der Waals surface area contributed by atoms with Crippen LogP contribution in [0.3, 0.4) is 0 Å². The summed E-state index contributed by atoms with van der Waals surface area (Å²) in [7, 11) is -3.14. The molecule has 1 aromatic rings. The van der Waals surface area contributed by atoms with Crippen LogP contribution in [0.2, 0.25) is 0 Å². The predicted octanol–water partition coefficient (Wildman–Crippen LogP) is 0.701. The van der Waals surface area contributed by atoms with Gasteiger partial charge in [0.05, 0.1) is 19.3 Å². The number of hydrogen-bond donors (Lipinski definition) is 1. The van der Waals surface area contributed by atoms with Crippen molar-refractivity contribution in [2.45, 2.75) is 51.0 Å². The molecule has 10 heteroatoms. The molecule has 3 heterocycles. The van der Waals surface area contributed by atoms with E-state index < -0.39 is 10.0 Å². The SMILES string of the molecule is CS(=O)(=O)N1CCC(c2noc(CNC(=O)CN3CCCCCC3)n2)CC1. The van der Waals surface area contributed by atoms with Crippen LogP contribution in [-0.4, -0.2) is 72.7 Å². The van der Waals surface area contributed by atoms with Crippen LogP contribution in [0.4, 0.5) is 0 Å². The quantitative estimate of drug-likeness (QED) is 0.750. The van der Waals surface area contributed by atoms with Gasteiger partial charge in [-0.15, -0.1) is 0 Å². The Morgan fingerprint density at radius 2 is 1.81 bits per heavy atom. The number of sulfonamides is 1. The zero-order chi connectivity index (χ0) is 19.3. The Bertz CT molecular complexity index is 719. The summed E-state index contributed by atoms with van der Waals surface area (Å²) in [6.45, 7) is 3.53. The van der Waals surface area contributed by atoms with Crippen LogP contribution in [0.1, 0.15) is 56.2 Å². The van der Waals surface area contributed by atoms with Crippen molar-refractivity contribution < 1.29 is 17.7 Å². The third kappa shape index (κ3) is 5.98. The number of piperidine rings is 1. The van der Waals surface area contributed by atoms with Gasteiger partial charge in [0.25, 0.3) is 0 Å². The topological polar surface area (TPSA) is 109 Å². The first kappa shape index (κ1) is 20.2. The van der Waals surface area contributed by atoms with Gasteiger partial charge >= 0.3 is 0 Å². The molecule has 2 aliphatic rings. The minimum absolute atomic E-state index is 0.0295. The van der Waals surface area contributed by atoms with E-state index in [1.807, 2.05) is 0 Å². The Hall–Kier alpha value is -1.52. The molecule has 0 aliphatic carbocycles. The average Bonchev–Trinajstić information content (AvgIpc) is 2.97. The molecule has 1 amide bonds. The van der Waals surface area contributed by atoms with E-state index in [0.717, 1.165) is 25.9 Å². The van der Waals surface area contributed by atoms with Crippen molar-refractivity contribution in [3.05, 3.63) is 11.7 Å². The van der Waals surface area contributed by atoms with E-state index in [4.69, 9.17) is 4.52 Å². The van der Waals surface area contributed by atoms with Crippen LogP contribution < -0.4 is 5.32 Å². The molecule has 0 atom stereocenters. The van der Waals surface area contributed by atoms with E-state index in [9.17, 15) is 13.2 Å². The number of rotatable bonds is 6. The van der Waals surface area contributed by atoms with Crippen LogP contribution in [0.25, 0.3) is 0 Å². The van der Waals surface area contributed by atoms with E-state index in [-0.39, 0.29) is 18.4 Å². The zero-order valence-electron chi connectivity index (χ0n) is 15.9. The summed E-state index contributed by atoms with van der Waals surface area (Å²) in [5, 5.41) is 6.86. The molecule has 0 spiro atoms. The van der Waals surface area contributed by atoms with Crippen LogP contribution in [0.5, 0.6) is 0 Å². The summed E-state index contributed by atoms with van der Waals surface area (Å²) in [5.74, 6) is 1.05. The molecule has 0 aromatic carbocycles. The number of hydrogen-bond acceptors (Lipinski definition) is 7. The number of nitrogens with zero attached hydrogens (tertiary/aromatic N) is 4. The Balaban J connectivity index is 1.43. The molecule has 152 valence electrons. The molecule has 0 saturated carbocycles. The average molecular weight is 400 g/mol. The van der Waals surface area contributed by atoms with Gasteiger partial charge in [0.1, 0.15) is 0 Å². The summed E-state index contributed by atoms with van der Waals surface area (Å²) in [4.78, 5) is 18.7. The molecule has 0 radical (unpaired) electrons. The number of amides is 1. The maximum Gasteiger partial charge on any atom is 0.246 e. The number of carbonyl (C=O) groups is 1. The summed E-state index contributed by atoms with van der Waals surface area (Å²) < 4.78 is 29.9. The lowest BCUT2D eigenvalue weighted by molar-refractivity contribution is -0.122. The molecule has 0 bridgehead atoms. The standard InChI is InChI=1S/C17H29N5O4S/c1-27(24,25)22-10-6-14(7-11-22)17-19-16(26-20-17)12-18-15(23)13-21-8-4-2-3-5-9-21/h14H,2-13H2,1H3,(H,18,23). The lowest BCUT2D eigenvalue weighted by Gasteiger charge is -2.28. The molecule has 0 unspecified atom stereocenters. The highest BCUT2D eigenvalue weighted by molar-refractivity contribution is 7.88. The fourth-order valence-corrected chi connectivity index (χ4v) is 4.55. The molecule has 3 rings (SSSR count). The molecule has 9 nitrogen and oxygen atoms in total. The monoisotopic (exact) mass is 399 g/mol. The Labute approximate surface area is 160 Å². The van der Waals surface area contributed by atoms with E-state index in [0.29, 0.717) is 44.2 Å². The highest BCUT2D eigenvalue weighted by Crippen LogP contribution is 2.26. The number of likely N-dealkylation sites (tertiary alicyclic amines) is 1. The fourth-order valence-electron chi connectivity index (χ4n) is 3.68. The third-order valence-electron chi connectivity index (χ3n) is 5.27. The molecule has 2 saturated heterocycles. The summed E-state index contributed by atoms with van der Waals surface area (Å²) in [6, 6.07) is 0. The van der Waals surface area contributed by atoms with Gasteiger partial charge in [-0.05, 0) is 38.8 Å². The van der Waals surface area contributed by atoms with Crippen LogP contribution in [0.15, 0.2) is 4.52 Å². The second kappa shape index (κ2) is 9.11. The van der Waals surface area contributed by atoms with Crippen molar-refractivity contribution >= 4 is 15.9 Å². The van der Waals surface area contributed by atoms with Crippen LogP contribution >= 0.6 is 0 Å². The molecular weight excluding hydrogens is 370 g/mol. The van der Waals surface area contributed by atoms with Crippen molar-refractivity contribution in [1.29, 1.82) is 0 Å². The van der Waals surface area contributed by atoms with Gasteiger partial charge in [-0.2, -0.15) is 4.98 Å². The minimum atomic E-state index is -3.14. The van der Waals surface area contributed by atoms with Crippen LogP contribution in [0, 0.1) is 0 Å². The van der Waals surface area contributed by atoms with Crippen molar-refractivity contribution in [2.24, 2.45) is 0 Å². The Morgan fingerprint density at radius 3 is 2.44 bits per heavy atom. The molecule has 1 aromatic heterocycles. The highest BCUT2D eigenvalue weighted by atomic mass is 32.2. The van der Waals surface area contributed by atoms with E-state index in [1.54, 1.807) is 0 Å². The smallest absolute Gasteiger partial charge is 0.246 e. The van der Waals surface area contributed by atoms with Crippen molar-refractivity contribution in [1.82, 2.24) is 24.7 Å².